The van der Waals surface area contributed by atoms with Crippen molar-refractivity contribution in [3.8, 4) is 0 Å². The summed E-state index contributed by atoms with van der Waals surface area (Å²) in [6.07, 6.45) is 0. The highest BCUT2D eigenvalue weighted by atomic mass is 79.9. The predicted molar refractivity (Wildman–Crippen MR) is 106 cm³/mol. The molecule has 0 aliphatic heterocycles. The second-order valence-electron chi connectivity index (χ2n) is 6.09. The van der Waals surface area contributed by atoms with Crippen molar-refractivity contribution in [3.05, 3.63) is 56.8 Å². The molecule has 27 heavy (non-hydrogen) atoms. The lowest BCUT2D eigenvalue weighted by molar-refractivity contribution is 0.0519. The first-order valence-electron chi connectivity index (χ1n) is 8.74. The van der Waals surface area contributed by atoms with Gasteiger partial charge in [-0.15, -0.1) is 0 Å². The maximum absolute atomic E-state index is 12.9. The number of nitrogens with zero attached hydrogens (tertiary/aromatic N) is 1. The number of Topliss-reactive ketones (excluding diaryl/α,β-unsaturated/α-hetero) is 1. The number of ether oxygens (including phenoxy) is 1. The molecule has 0 atom stereocenters. The fourth-order valence-electron chi connectivity index (χ4n) is 2.93. The van der Waals surface area contributed by atoms with Crippen LogP contribution >= 0.6 is 15.9 Å². The number of amides is 1. The monoisotopic (exact) mass is 434 g/mol. The molecule has 0 saturated carbocycles. The zero-order chi connectivity index (χ0) is 20.1. The van der Waals surface area contributed by atoms with E-state index >= 15 is 0 Å². The van der Waals surface area contributed by atoms with Crippen LogP contribution in [0, 0.1) is 13.8 Å². The van der Waals surface area contributed by atoms with Crippen LogP contribution in [0.4, 0.5) is 0 Å². The molecule has 0 aliphatic rings. The fourth-order valence-corrected chi connectivity index (χ4v) is 3.19. The second kappa shape index (κ2) is 8.99. The lowest BCUT2D eigenvalue weighted by Gasteiger charge is -2.20. The molecule has 2 rings (SSSR count). The van der Waals surface area contributed by atoms with Gasteiger partial charge in [-0.1, -0.05) is 15.9 Å². The molecule has 7 heteroatoms. The number of aromatic amines is 1. The van der Waals surface area contributed by atoms with Crippen LogP contribution in [0.15, 0.2) is 28.7 Å². The number of hydrogen-bond donors (Lipinski definition) is 1. The van der Waals surface area contributed by atoms with Gasteiger partial charge in [0.2, 0.25) is 0 Å². The number of hydrogen-bond acceptors (Lipinski definition) is 4. The number of esters is 1. The molecule has 1 aromatic heterocycles. The Bertz CT molecular complexity index is 856. The molecular formula is C20H23BrN2O4. The van der Waals surface area contributed by atoms with Crippen LogP contribution in [-0.4, -0.2) is 47.2 Å². The largest absolute Gasteiger partial charge is 0.461 e. The van der Waals surface area contributed by atoms with Crippen LogP contribution in [0.25, 0.3) is 0 Å². The lowest BCUT2D eigenvalue weighted by Crippen LogP contribution is -2.35. The van der Waals surface area contributed by atoms with E-state index in [9.17, 15) is 14.4 Å². The maximum atomic E-state index is 12.9. The van der Waals surface area contributed by atoms with Crippen molar-refractivity contribution < 1.29 is 19.1 Å². The number of carbonyl (C=O) groups excluding carboxylic acids is 3. The van der Waals surface area contributed by atoms with Crippen molar-refractivity contribution >= 4 is 33.6 Å². The normalized spacial score (nSPS) is 10.6. The van der Waals surface area contributed by atoms with E-state index in [1.807, 2.05) is 6.92 Å². The third-order valence-corrected chi connectivity index (χ3v) is 4.82. The minimum Gasteiger partial charge on any atom is -0.461 e. The first-order valence-corrected chi connectivity index (χ1v) is 9.53. The zero-order valence-electron chi connectivity index (χ0n) is 15.9. The summed E-state index contributed by atoms with van der Waals surface area (Å²) in [5.74, 6) is -0.922. The maximum Gasteiger partial charge on any atom is 0.355 e. The fraction of sp³-hybridized carbons (Fsp3) is 0.350. The molecule has 1 heterocycles. The molecule has 0 aliphatic carbocycles. The van der Waals surface area contributed by atoms with Crippen molar-refractivity contribution in [3.63, 3.8) is 0 Å². The van der Waals surface area contributed by atoms with Gasteiger partial charge in [-0.05, 0) is 57.5 Å². The molecule has 1 N–H and O–H groups in total. The molecule has 0 unspecified atom stereocenters. The van der Waals surface area contributed by atoms with E-state index in [2.05, 4.69) is 20.9 Å². The number of aryl methyl sites for hydroxylation is 1. The number of H-pyrrole nitrogens is 1. The van der Waals surface area contributed by atoms with Crippen molar-refractivity contribution in [2.75, 3.05) is 19.7 Å². The Morgan fingerprint density at radius 1 is 1.11 bits per heavy atom. The molecule has 2 aromatic rings. The number of benzene rings is 1. The Hall–Kier alpha value is -2.41. The highest BCUT2D eigenvalue weighted by Crippen LogP contribution is 2.20. The minimum absolute atomic E-state index is 0.0623. The standard InChI is InChI=1S/C20H23BrN2O4/c1-5-23(19(25)14-7-9-15(21)10-8-14)11-16(24)17-12(3)18(22-13(17)4)20(26)27-6-2/h7-10,22H,5-6,11H2,1-4H3. The van der Waals surface area contributed by atoms with Crippen LogP contribution in [0.3, 0.4) is 0 Å². The number of halogens is 1. The number of likely N-dealkylation sites (N-methyl/N-ethyl adjacent to an activating group) is 1. The molecule has 0 spiro atoms. The van der Waals surface area contributed by atoms with E-state index in [0.29, 0.717) is 28.9 Å². The summed E-state index contributed by atoms with van der Waals surface area (Å²) >= 11 is 3.34. The van der Waals surface area contributed by atoms with Crippen LogP contribution in [0.5, 0.6) is 0 Å². The molecule has 6 nitrogen and oxygen atoms in total. The van der Waals surface area contributed by atoms with E-state index in [0.717, 1.165) is 4.47 Å². The van der Waals surface area contributed by atoms with Gasteiger partial charge in [0.05, 0.1) is 13.2 Å². The zero-order valence-corrected chi connectivity index (χ0v) is 17.5. The van der Waals surface area contributed by atoms with Crippen LogP contribution < -0.4 is 0 Å². The highest BCUT2D eigenvalue weighted by molar-refractivity contribution is 9.10. The van der Waals surface area contributed by atoms with Gasteiger partial charge >= 0.3 is 5.97 Å². The Kier molecular flexibility index (Phi) is 6.96. The van der Waals surface area contributed by atoms with E-state index in [-0.39, 0.29) is 30.5 Å². The van der Waals surface area contributed by atoms with Crippen LogP contribution in [0.2, 0.25) is 0 Å². The smallest absolute Gasteiger partial charge is 0.355 e. The van der Waals surface area contributed by atoms with Crippen molar-refractivity contribution in [2.45, 2.75) is 27.7 Å². The van der Waals surface area contributed by atoms with E-state index in [1.54, 1.807) is 45.0 Å². The average Bonchev–Trinajstić information content (AvgIpc) is 2.94. The third-order valence-electron chi connectivity index (χ3n) is 4.29. The average molecular weight is 435 g/mol. The van der Waals surface area contributed by atoms with Gasteiger partial charge in [0.25, 0.3) is 5.91 Å². The topological polar surface area (TPSA) is 79.5 Å². The SMILES string of the molecule is CCOC(=O)c1[nH]c(C)c(C(=O)CN(CC)C(=O)c2ccc(Br)cc2)c1C. The van der Waals surface area contributed by atoms with Crippen molar-refractivity contribution in [1.82, 2.24) is 9.88 Å². The van der Waals surface area contributed by atoms with Gasteiger partial charge in [0.15, 0.2) is 5.78 Å². The third kappa shape index (κ3) is 4.66. The summed E-state index contributed by atoms with van der Waals surface area (Å²) in [5, 5.41) is 0. The van der Waals surface area contributed by atoms with Gasteiger partial charge in [0.1, 0.15) is 5.69 Å². The number of rotatable bonds is 7. The predicted octanol–water partition coefficient (Wildman–Crippen LogP) is 3.92. The van der Waals surface area contributed by atoms with Crippen LogP contribution in [-0.2, 0) is 4.74 Å². The van der Waals surface area contributed by atoms with Crippen molar-refractivity contribution in [2.24, 2.45) is 0 Å². The van der Waals surface area contributed by atoms with Crippen LogP contribution in [0.1, 0.15) is 56.3 Å². The Balaban J connectivity index is 2.23. The molecule has 144 valence electrons. The Labute approximate surface area is 167 Å². The van der Waals surface area contributed by atoms with E-state index in [4.69, 9.17) is 4.74 Å². The molecular weight excluding hydrogens is 412 g/mol. The van der Waals surface area contributed by atoms with E-state index in [1.165, 1.54) is 4.90 Å². The molecule has 0 fully saturated rings. The van der Waals surface area contributed by atoms with Gasteiger partial charge in [-0.25, -0.2) is 4.79 Å². The summed E-state index contributed by atoms with van der Waals surface area (Å²) in [6.45, 7) is 7.57. The summed E-state index contributed by atoms with van der Waals surface area (Å²) in [4.78, 5) is 42.0. The second-order valence-corrected chi connectivity index (χ2v) is 7.01. The molecule has 0 bridgehead atoms. The lowest BCUT2D eigenvalue weighted by atomic mass is 10.0. The first kappa shape index (κ1) is 20.9. The summed E-state index contributed by atoms with van der Waals surface area (Å²) < 4.78 is 5.89. The summed E-state index contributed by atoms with van der Waals surface area (Å²) in [5.41, 5.74) is 2.36. The highest BCUT2D eigenvalue weighted by Gasteiger charge is 2.25. The van der Waals surface area contributed by atoms with E-state index < -0.39 is 5.97 Å². The first-order chi connectivity index (χ1) is 12.8. The van der Waals surface area contributed by atoms with Gasteiger partial charge in [-0.3, -0.25) is 9.59 Å². The molecule has 0 radical (unpaired) electrons. The molecule has 1 aromatic carbocycles. The Morgan fingerprint density at radius 3 is 2.30 bits per heavy atom. The summed E-state index contributed by atoms with van der Waals surface area (Å²) in [7, 11) is 0. The number of aromatic nitrogens is 1. The number of nitrogens with one attached hydrogen (secondary N) is 1. The Morgan fingerprint density at radius 2 is 1.74 bits per heavy atom. The number of ketones is 1. The molecule has 0 saturated heterocycles. The quantitative estimate of drug-likeness (QED) is 0.528. The van der Waals surface area contributed by atoms with Crippen molar-refractivity contribution in [1.29, 1.82) is 0 Å². The minimum atomic E-state index is -0.490. The van der Waals surface area contributed by atoms with Gasteiger partial charge in [-0.2, -0.15) is 0 Å². The summed E-state index contributed by atoms with van der Waals surface area (Å²) in [6, 6.07) is 7.00. The van der Waals surface area contributed by atoms with Gasteiger partial charge in [0, 0.05) is 27.8 Å². The molecule has 1 amide bonds. The van der Waals surface area contributed by atoms with Gasteiger partial charge < -0.3 is 14.6 Å². The number of carbonyl (C=O) groups is 3.